The molecule has 4 amide bonds. The lowest BCUT2D eigenvalue weighted by Gasteiger charge is -2.29. The van der Waals surface area contributed by atoms with Crippen LogP contribution in [0, 0.1) is 11.8 Å². The summed E-state index contributed by atoms with van der Waals surface area (Å²) >= 11 is 6.99. The van der Waals surface area contributed by atoms with Gasteiger partial charge in [-0.05, 0) is 25.0 Å². The minimum absolute atomic E-state index is 0.0668. The molecule has 1 aromatic carbocycles. The molecule has 0 aromatic heterocycles. The number of hydrogen-bond donors (Lipinski definition) is 2. The smallest absolute Gasteiger partial charge is 0.326 e. The highest BCUT2D eigenvalue weighted by Crippen LogP contribution is 2.43. The van der Waals surface area contributed by atoms with E-state index in [0.29, 0.717) is 18.4 Å². The first-order chi connectivity index (χ1) is 14.3. The summed E-state index contributed by atoms with van der Waals surface area (Å²) < 4.78 is 4.83. The number of alkyl halides is 2. The van der Waals surface area contributed by atoms with Crippen LogP contribution in [0.15, 0.2) is 30.3 Å². The number of hydrogen-bond acceptors (Lipinski definition) is 6. The van der Waals surface area contributed by atoms with Crippen LogP contribution in [-0.4, -0.2) is 57.3 Å². The highest BCUT2D eigenvalue weighted by atomic mass is 79.9. The van der Waals surface area contributed by atoms with Crippen LogP contribution in [0.3, 0.4) is 0 Å². The largest absolute Gasteiger partial charge is 0.454 e. The van der Waals surface area contributed by atoms with Crippen molar-refractivity contribution in [1.82, 2.24) is 15.8 Å². The van der Waals surface area contributed by atoms with E-state index in [1.165, 1.54) is 0 Å². The van der Waals surface area contributed by atoms with Gasteiger partial charge in [0.2, 0.25) is 11.8 Å². The topological polar surface area (TPSA) is 122 Å². The number of ether oxygens (including phenoxy) is 1. The molecule has 2 N–H and O–H groups in total. The third-order valence-electron chi connectivity index (χ3n) is 5.01. The molecule has 1 saturated heterocycles. The quantitative estimate of drug-likeness (QED) is 0.246. The number of halogens is 2. The maximum atomic E-state index is 12.5. The third kappa shape index (κ3) is 5.07. The molecule has 0 spiro atoms. The number of rotatable bonds is 5. The lowest BCUT2D eigenvalue weighted by Crippen LogP contribution is -2.44. The number of nitrogens with one attached hydrogen (secondary N) is 2. The molecule has 11 heteroatoms. The van der Waals surface area contributed by atoms with Crippen LogP contribution in [0.1, 0.15) is 23.2 Å². The van der Waals surface area contributed by atoms with Gasteiger partial charge >= 0.3 is 5.97 Å². The Kier molecular flexibility index (Phi) is 7.24. The van der Waals surface area contributed by atoms with Crippen molar-refractivity contribution in [2.75, 3.05) is 13.2 Å². The van der Waals surface area contributed by atoms with E-state index >= 15 is 0 Å². The summed E-state index contributed by atoms with van der Waals surface area (Å²) in [7, 11) is 0. The summed E-state index contributed by atoms with van der Waals surface area (Å²) in [4.78, 5) is 61.7. The predicted molar refractivity (Wildman–Crippen MR) is 111 cm³/mol. The molecule has 30 heavy (non-hydrogen) atoms. The van der Waals surface area contributed by atoms with Gasteiger partial charge in [-0.15, -0.1) is 0 Å². The Morgan fingerprint density at radius 3 is 2.10 bits per heavy atom. The van der Waals surface area contributed by atoms with Crippen LogP contribution in [0.2, 0.25) is 0 Å². The average Bonchev–Trinajstić information content (AvgIpc) is 2.95. The minimum atomic E-state index is -0.884. The highest BCUT2D eigenvalue weighted by Gasteiger charge is 2.52. The Bertz CT molecular complexity index is 837. The molecule has 1 heterocycles. The number of carbonyl (C=O) groups excluding carboxylic acids is 5. The number of hydrazine groups is 1. The van der Waals surface area contributed by atoms with Crippen molar-refractivity contribution < 1.29 is 28.7 Å². The second-order valence-electron chi connectivity index (χ2n) is 7.01. The molecule has 4 atom stereocenters. The number of carbonyl (C=O) groups is 5. The number of nitrogens with zero attached hydrogens (tertiary/aromatic N) is 1. The Balaban J connectivity index is 1.44. The number of imide groups is 1. The van der Waals surface area contributed by atoms with Crippen LogP contribution in [0.5, 0.6) is 0 Å². The van der Waals surface area contributed by atoms with E-state index in [1.807, 2.05) is 0 Å². The van der Waals surface area contributed by atoms with Crippen LogP contribution in [0.25, 0.3) is 0 Å². The standard InChI is InChI=1S/C19H19Br2N3O6/c20-13-6-11-12(7-14(13)21)19(29)24(18(11)28)8-16(26)30-9-15(25)22-23-17(27)10-4-2-1-3-5-10/h1-5,11-14H,6-9H2,(H,22,25)(H,23,27)/t11-,12-,13+,14+/m1/s1. The van der Waals surface area contributed by atoms with Crippen molar-refractivity contribution >= 4 is 61.5 Å². The molecule has 0 unspecified atom stereocenters. The van der Waals surface area contributed by atoms with Gasteiger partial charge in [-0.2, -0.15) is 0 Å². The van der Waals surface area contributed by atoms with E-state index < -0.39 is 54.6 Å². The molecule has 2 fully saturated rings. The van der Waals surface area contributed by atoms with Gasteiger partial charge in [-0.3, -0.25) is 39.7 Å². The normalized spacial score (nSPS) is 25.5. The Morgan fingerprint density at radius 1 is 0.967 bits per heavy atom. The Morgan fingerprint density at radius 2 is 1.53 bits per heavy atom. The maximum Gasteiger partial charge on any atom is 0.326 e. The Hall–Kier alpha value is -2.27. The zero-order valence-electron chi connectivity index (χ0n) is 15.7. The molecule has 1 saturated carbocycles. The fraction of sp³-hybridized carbons (Fsp3) is 0.421. The molecule has 1 aliphatic carbocycles. The SMILES string of the molecule is O=C(COC(=O)CN1C(=O)[C@@H]2C[C@H](Br)[C@@H](Br)C[C@H]2C1=O)NNC(=O)c1ccccc1. The van der Waals surface area contributed by atoms with Gasteiger partial charge in [-0.1, -0.05) is 50.1 Å². The zero-order valence-corrected chi connectivity index (χ0v) is 18.8. The zero-order chi connectivity index (χ0) is 21.8. The summed E-state index contributed by atoms with van der Waals surface area (Å²) in [5.41, 5.74) is 4.66. The van der Waals surface area contributed by atoms with Gasteiger partial charge in [0.1, 0.15) is 6.54 Å². The van der Waals surface area contributed by atoms with E-state index in [-0.39, 0.29) is 9.65 Å². The maximum absolute atomic E-state index is 12.5. The third-order valence-corrected chi connectivity index (χ3v) is 7.74. The predicted octanol–water partition coefficient (Wildman–Crippen LogP) is 0.913. The van der Waals surface area contributed by atoms with Gasteiger partial charge in [-0.25, -0.2) is 0 Å². The van der Waals surface area contributed by atoms with Crippen molar-refractivity contribution in [1.29, 1.82) is 0 Å². The summed E-state index contributed by atoms with van der Waals surface area (Å²) in [6.07, 6.45) is 1.00. The molecule has 0 radical (unpaired) electrons. The average molecular weight is 545 g/mol. The molecule has 0 bridgehead atoms. The first-order valence-corrected chi connectivity index (χ1v) is 11.0. The van der Waals surface area contributed by atoms with E-state index in [4.69, 9.17) is 4.74 Å². The van der Waals surface area contributed by atoms with Crippen LogP contribution < -0.4 is 10.9 Å². The highest BCUT2D eigenvalue weighted by molar-refractivity contribution is 9.12. The van der Waals surface area contributed by atoms with Crippen LogP contribution in [-0.2, 0) is 23.9 Å². The van der Waals surface area contributed by atoms with Crippen molar-refractivity contribution in [3.63, 3.8) is 0 Å². The first-order valence-electron chi connectivity index (χ1n) is 9.21. The molecule has 3 rings (SSSR count). The number of fused-ring (bicyclic) bond motifs is 1. The lowest BCUT2D eigenvalue weighted by molar-refractivity contribution is -0.155. The number of amides is 4. The Labute approximate surface area is 189 Å². The van der Waals surface area contributed by atoms with Gasteiger partial charge in [0.05, 0.1) is 11.8 Å². The monoisotopic (exact) mass is 543 g/mol. The molecular formula is C19H19Br2N3O6. The molecule has 1 aromatic rings. The second-order valence-corrected chi connectivity index (χ2v) is 9.36. The van der Waals surface area contributed by atoms with Gasteiger partial charge in [0, 0.05) is 15.2 Å². The van der Waals surface area contributed by atoms with E-state index in [1.54, 1.807) is 30.3 Å². The minimum Gasteiger partial charge on any atom is -0.454 e. The summed E-state index contributed by atoms with van der Waals surface area (Å²) in [5, 5.41) is 0. The molecule has 2 aliphatic rings. The van der Waals surface area contributed by atoms with Crippen LogP contribution >= 0.6 is 31.9 Å². The van der Waals surface area contributed by atoms with Crippen LogP contribution in [0.4, 0.5) is 0 Å². The molecule has 1 aliphatic heterocycles. The lowest BCUT2D eigenvalue weighted by atomic mass is 9.81. The molecule has 9 nitrogen and oxygen atoms in total. The second kappa shape index (κ2) is 9.69. The summed E-state index contributed by atoms with van der Waals surface area (Å²) in [5.74, 6) is -3.88. The van der Waals surface area contributed by atoms with Gasteiger partial charge < -0.3 is 4.74 Å². The van der Waals surface area contributed by atoms with Crippen molar-refractivity contribution in [3.8, 4) is 0 Å². The van der Waals surface area contributed by atoms with Crippen molar-refractivity contribution in [2.24, 2.45) is 11.8 Å². The first kappa shape index (κ1) is 22.4. The number of likely N-dealkylation sites (tertiary alicyclic amines) is 1. The van der Waals surface area contributed by atoms with Gasteiger partial charge in [0.15, 0.2) is 6.61 Å². The van der Waals surface area contributed by atoms with Gasteiger partial charge in [0.25, 0.3) is 11.8 Å². The number of esters is 1. The summed E-state index contributed by atoms with van der Waals surface area (Å²) in [6.45, 7) is -1.21. The molecular weight excluding hydrogens is 526 g/mol. The van der Waals surface area contributed by atoms with Crippen molar-refractivity contribution in [2.45, 2.75) is 22.5 Å². The van der Waals surface area contributed by atoms with E-state index in [2.05, 4.69) is 42.7 Å². The molecule has 160 valence electrons. The fourth-order valence-electron chi connectivity index (χ4n) is 3.46. The van der Waals surface area contributed by atoms with E-state index in [9.17, 15) is 24.0 Å². The fourth-order valence-corrected chi connectivity index (χ4v) is 4.70. The van der Waals surface area contributed by atoms with E-state index in [0.717, 1.165) is 4.90 Å². The summed E-state index contributed by atoms with van der Waals surface area (Å²) in [6, 6.07) is 8.23. The number of benzene rings is 1. The van der Waals surface area contributed by atoms with Crippen molar-refractivity contribution in [3.05, 3.63) is 35.9 Å².